The normalized spacial score (nSPS) is 10.7. The van der Waals surface area contributed by atoms with Crippen LogP contribution in [-0.4, -0.2) is 17.0 Å². The molecule has 0 fully saturated rings. The van der Waals surface area contributed by atoms with E-state index in [0.717, 1.165) is 23.8 Å². The van der Waals surface area contributed by atoms with Gasteiger partial charge < -0.3 is 10.3 Å². The predicted octanol–water partition coefficient (Wildman–Crippen LogP) is 3.28. The standard InChI is InChI=1S/C15H21N3/c1-9-6-10(2)13(11(3)7-9)8-14-12(4)17-15(16-5)18-14/h6-7H,8H2,1-5H3,(H2,16,17,18). The topological polar surface area (TPSA) is 40.7 Å². The van der Waals surface area contributed by atoms with Gasteiger partial charge in [-0.15, -0.1) is 0 Å². The van der Waals surface area contributed by atoms with Crippen molar-refractivity contribution in [2.24, 2.45) is 0 Å². The zero-order valence-electron chi connectivity index (χ0n) is 11.8. The molecule has 0 bridgehead atoms. The van der Waals surface area contributed by atoms with Crippen molar-refractivity contribution in [1.29, 1.82) is 0 Å². The van der Waals surface area contributed by atoms with Crippen LogP contribution < -0.4 is 5.32 Å². The summed E-state index contributed by atoms with van der Waals surface area (Å²) in [7, 11) is 1.88. The van der Waals surface area contributed by atoms with Crippen molar-refractivity contribution in [3.63, 3.8) is 0 Å². The fraction of sp³-hybridized carbons (Fsp3) is 0.400. The Morgan fingerprint density at radius 3 is 2.22 bits per heavy atom. The van der Waals surface area contributed by atoms with Crippen LogP contribution >= 0.6 is 0 Å². The second kappa shape index (κ2) is 4.84. The van der Waals surface area contributed by atoms with Crippen molar-refractivity contribution in [1.82, 2.24) is 9.97 Å². The van der Waals surface area contributed by atoms with E-state index in [1.165, 1.54) is 22.3 Å². The first-order valence-electron chi connectivity index (χ1n) is 6.31. The predicted molar refractivity (Wildman–Crippen MR) is 76.3 cm³/mol. The average molecular weight is 243 g/mol. The van der Waals surface area contributed by atoms with Gasteiger partial charge in [-0.05, 0) is 44.4 Å². The van der Waals surface area contributed by atoms with Crippen molar-refractivity contribution in [3.8, 4) is 0 Å². The maximum Gasteiger partial charge on any atom is 0.200 e. The minimum Gasteiger partial charge on any atom is -0.359 e. The molecule has 18 heavy (non-hydrogen) atoms. The minimum atomic E-state index is 0.838. The summed E-state index contributed by atoms with van der Waals surface area (Å²) >= 11 is 0. The molecule has 3 heteroatoms. The van der Waals surface area contributed by atoms with Crippen LogP contribution in [0.15, 0.2) is 12.1 Å². The summed E-state index contributed by atoms with van der Waals surface area (Å²) in [5, 5.41) is 3.05. The number of aryl methyl sites for hydroxylation is 4. The summed E-state index contributed by atoms with van der Waals surface area (Å²) in [5.41, 5.74) is 7.66. The van der Waals surface area contributed by atoms with Crippen LogP contribution in [0.3, 0.4) is 0 Å². The van der Waals surface area contributed by atoms with Gasteiger partial charge in [-0.3, -0.25) is 0 Å². The molecule has 2 rings (SSSR count). The number of imidazole rings is 1. The second-order valence-corrected chi connectivity index (χ2v) is 4.96. The van der Waals surface area contributed by atoms with Gasteiger partial charge in [-0.2, -0.15) is 0 Å². The molecular formula is C15H21N3. The van der Waals surface area contributed by atoms with Gasteiger partial charge in [0.15, 0.2) is 5.95 Å². The van der Waals surface area contributed by atoms with E-state index in [-0.39, 0.29) is 0 Å². The highest BCUT2D eigenvalue weighted by molar-refractivity contribution is 5.41. The quantitative estimate of drug-likeness (QED) is 0.868. The number of aromatic amines is 1. The summed E-state index contributed by atoms with van der Waals surface area (Å²) in [6.07, 6.45) is 0.891. The summed E-state index contributed by atoms with van der Waals surface area (Å²) in [4.78, 5) is 7.80. The molecule has 0 aliphatic carbocycles. The maximum absolute atomic E-state index is 4.56. The van der Waals surface area contributed by atoms with Crippen LogP contribution in [0.4, 0.5) is 5.95 Å². The Morgan fingerprint density at radius 1 is 1.11 bits per heavy atom. The van der Waals surface area contributed by atoms with Crippen LogP contribution in [0.25, 0.3) is 0 Å². The van der Waals surface area contributed by atoms with E-state index in [1.807, 2.05) is 7.05 Å². The highest BCUT2D eigenvalue weighted by Crippen LogP contribution is 2.21. The molecule has 0 saturated carbocycles. The van der Waals surface area contributed by atoms with E-state index in [9.17, 15) is 0 Å². The van der Waals surface area contributed by atoms with E-state index < -0.39 is 0 Å². The third kappa shape index (κ3) is 2.40. The first-order valence-corrected chi connectivity index (χ1v) is 6.31. The van der Waals surface area contributed by atoms with Gasteiger partial charge in [0.25, 0.3) is 0 Å². The van der Waals surface area contributed by atoms with Crippen molar-refractivity contribution >= 4 is 5.95 Å². The van der Waals surface area contributed by atoms with Gasteiger partial charge in [-0.25, -0.2) is 4.98 Å². The zero-order valence-corrected chi connectivity index (χ0v) is 11.8. The number of nitrogens with zero attached hydrogens (tertiary/aromatic N) is 1. The molecule has 0 aliphatic rings. The Labute approximate surface area is 109 Å². The summed E-state index contributed by atoms with van der Waals surface area (Å²) in [5.74, 6) is 0.838. The third-order valence-electron chi connectivity index (χ3n) is 3.41. The van der Waals surface area contributed by atoms with Crippen LogP contribution in [0, 0.1) is 27.7 Å². The van der Waals surface area contributed by atoms with Crippen LogP contribution in [0.1, 0.15) is 33.6 Å². The molecule has 2 N–H and O–H groups in total. The second-order valence-electron chi connectivity index (χ2n) is 4.96. The first-order chi connectivity index (χ1) is 8.51. The largest absolute Gasteiger partial charge is 0.359 e. The molecule has 3 nitrogen and oxygen atoms in total. The molecular weight excluding hydrogens is 222 g/mol. The van der Waals surface area contributed by atoms with Crippen molar-refractivity contribution in [2.45, 2.75) is 34.1 Å². The summed E-state index contributed by atoms with van der Waals surface area (Å²) in [6, 6.07) is 4.48. The van der Waals surface area contributed by atoms with Gasteiger partial charge >= 0.3 is 0 Å². The molecule has 0 unspecified atom stereocenters. The fourth-order valence-electron chi connectivity index (χ4n) is 2.44. The number of hydrogen-bond donors (Lipinski definition) is 2. The van der Waals surface area contributed by atoms with E-state index >= 15 is 0 Å². The molecule has 0 atom stereocenters. The fourth-order valence-corrected chi connectivity index (χ4v) is 2.44. The van der Waals surface area contributed by atoms with Crippen LogP contribution in [0.5, 0.6) is 0 Å². The van der Waals surface area contributed by atoms with Crippen molar-refractivity contribution in [3.05, 3.63) is 45.8 Å². The van der Waals surface area contributed by atoms with Crippen LogP contribution in [0.2, 0.25) is 0 Å². The number of rotatable bonds is 3. The van der Waals surface area contributed by atoms with Gasteiger partial charge in [0.2, 0.25) is 0 Å². The molecule has 0 amide bonds. The lowest BCUT2D eigenvalue weighted by atomic mass is 9.96. The highest BCUT2D eigenvalue weighted by atomic mass is 15.1. The number of H-pyrrole nitrogens is 1. The van der Waals surface area contributed by atoms with Gasteiger partial charge in [0.1, 0.15) is 0 Å². The first kappa shape index (κ1) is 12.7. The lowest BCUT2D eigenvalue weighted by molar-refractivity contribution is 1.04. The molecule has 0 aliphatic heterocycles. The molecule has 0 saturated heterocycles. The molecule has 2 aromatic rings. The van der Waals surface area contributed by atoms with Gasteiger partial charge in [0.05, 0.1) is 5.69 Å². The van der Waals surface area contributed by atoms with Gasteiger partial charge in [0, 0.05) is 19.2 Å². The Kier molecular flexibility index (Phi) is 3.41. The number of hydrogen-bond acceptors (Lipinski definition) is 2. The number of nitrogens with one attached hydrogen (secondary N) is 2. The van der Waals surface area contributed by atoms with Crippen molar-refractivity contribution < 1.29 is 0 Å². The number of benzene rings is 1. The van der Waals surface area contributed by atoms with Gasteiger partial charge in [-0.1, -0.05) is 17.7 Å². The lowest BCUT2D eigenvalue weighted by Gasteiger charge is -2.10. The Balaban J connectivity index is 2.36. The van der Waals surface area contributed by atoms with E-state index in [2.05, 4.69) is 55.1 Å². The lowest BCUT2D eigenvalue weighted by Crippen LogP contribution is -1.98. The number of aromatic nitrogens is 2. The Bertz CT molecular complexity index is 544. The molecule has 1 aromatic carbocycles. The Hall–Kier alpha value is -1.77. The smallest absolute Gasteiger partial charge is 0.200 e. The SMILES string of the molecule is CNc1nc(Cc2c(C)cc(C)cc2C)c(C)[nH]1. The average Bonchev–Trinajstić information content (AvgIpc) is 2.64. The molecule has 0 spiro atoms. The maximum atomic E-state index is 4.56. The van der Waals surface area contributed by atoms with Crippen molar-refractivity contribution in [2.75, 3.05) is 12.4 Å². The molecule has 1 aromatic heterocycles. The molecule has 0 radical (unpaired) electrons. The Morgan fingerprint density at radius 2 is 1.72 bits per heavy atom. The third-order valence-corrected chi connectivity index (χ3v) is 3.41. The minimum absolute atomic E-state index is 0.838. The summed E-state index contributed by atoms with van der Waals surface area (Å²) in [6.45, 7) is 8.57. The zero-order chi connectivity index (χ0) is 13.3. The molecule has 96 valence electrons. The van der Waals surface area contributed by atoms with E-state index in [0.29, 0.717) is 0 Å². The number of anilines is 1. The highest BCUT2D eigenvalue weighted by Gasteiger charge is 2.10. The molecule has 1 heterocycles. The van der Waals surface area contributed by atoms with Crippen LogP contribution in [-0.2, 0) is 6.42 Å². The monoisotopic (exact) mass is 243 g/mol. The summed E-state index contributed by atoms with van der Waals surface area (Å²) < 4.78 is 0. The van der Waals surface area contributed by atoms with E-state index in [1.54, 1.807) is 0 Å². The van der Waals surface area contributed by atoms with E-state index in [4.69, 9.17) is 0 Å².